The summed E-state index contributed by atoms with van der Waals surface area (Å²) in [4.78, 5) is 22.1. The highest BCUT2D eigenvalue weighted by Crippen LogP contribution is 2.32. The van der Waals surface area contributed by atoms with E-state index in [4.69, 9.17) is 14.2 Å². The monoisotopic (exact) mass is 345 g/mol. The van der Waals surface area contributed by atoms with Crippen molar-refractivity contribution < 1.29 is 23.9 Å². The quantitative estimate of drug-likeness (QED) is 0.426. The number of hydrogen-bond acceptors (Lipinski definition) is 6. The fourth-order valence-corrected chi connectivity index (χ4v) is 1.98. The molecule has 0 aliphatic carbocycles. The number of aryl methyl sites for hydroxylation is 1. The van der Waals surface area contributed by atoms with Crippen LogP contribution in [0.2, 0.25) is 0 Å². The number of ether oxygens (including phenoxy) is 3. The van der Waals surface area contributed by atoms with Crippen molar-refractivity contribution in [3.8, 4) is 11.5 Å². The Morgan fingerprint density at radius 3 is 2.44 bits per heavy atom. The molecule has 0 aromatic heterocycles. The summed E-state index contributed by atoms with van der Waals surface area (Å²) in [5.74, 6) is 0.554. The van der Waals surface area contributed by atoms with Crippen LogP contribution in [0.5, 0.6) is 11.5 Å². The maximum absolute atomic E-state index is 11.4. The van der Waals surface area contributed by atoms with E-state index in [0.717, 1.165) is 5.56 Å². The van der Waals surface area contributed by atoms with Crippen molar-refractivity contribution in [2.24, 2.45) is 0 Å². The summed E-state index contributed by atoms with van der Waals surface area (Å²) in [6.45, 7) is 5.27. The highest BCUT2D eigenvalue weighted by Gasteiger charge is 2.17. The Hall–Kier alpha value is -3.09. The van der Waals surface area contributed by atoms with Crippen LogP contribution in [0.25, 0.3) is 0 Å². The zero-order valence-corrected chi connectivity index (χ0v) is 14.2. The van der Waals surface area contributed by atoms with Crippen LogP contribution in [0.15, 0.2) is 42.5 Å². The van der Waals surface area contributed by atoms with E-state index in [-0.39, 0.29) is 24.1 Å². The van der Waals surface area contributed by atoms with Gasteiger partial charge in [0.1, 0.15) is 12.4 Å². The minimum atomic E-state index is -0.797. The highest BCUT2D eigenvalue weighted by molar-refractivity contribution is 5.60. The molecular formula is C18H19NO6. The molecule has 0 spiro atoms. The number of nitrogens with zero attached hydrogens (tertiary/aromatic N) is 1. The molecule has 0 fully saturated rings. The average molecular weight is 345 g/mol. The van der Waals surface area contributed by atoms with Gasteiger partial charge in [-0.2, -0.15) is 0 Å². The molecule has 7 heteroatoms. The summed E-state index contributed by atoms with van der Waals surface area (Å²) in [6.07, 6.45) is -1.08. The van der Waals surface area contributed by atoms with E-state index in [2.05, 4.69) is 0 Å². The molecule has 0 unspecified atom stereocenters. The molecule has 2 aromatic carbocycles. The molecule has 0 saturated heterocycles. The second-order valence-corrected chi connectivity index (χ2v) is 5.68. The Morgan fingerprint density at radius 1 is 1.16 bits per heavy atom. The SMILES string of the molecule is Cc1ccc(Oc2cc(COC(=O)OC(C)C)ccc2[N+](=O)[O-])cc1. The maximum atomic E-state index is 11.4. The third-order valence-electron chi connectivity index (χ3n) is 3.16. The summed E-state index contributed by atoms with van der Waals surface area (Å²) in [5.41, 5.74) is 1.43. The number of carbonyl (C=O) groups excluding carboxylic acids is 1. The molecule has 0 saturated carbocycles. The third-order valence-corrected chi connectivity index (χ3v) is 3.16. The van der Waals surface area contributed by atoms with Crippen LogP contribution in [0.3, 0.4) is 0 Å². The molecule has 132 valence electrons. The number of carbonyl (C=O) groups is 1. The molecule has 0 atom stereocenters. The maximum Gasteiger partial charge on any atom is 0.508 e. The van der Waals surface area contributed by atoms with Crippen molar-refractivity contribution in [3.63, 3.8) is 0 Å². The molecule has 2 rings (SSSR count). The first kappa shape index (κ1) is 18.3. The molecule has 0 N–H and O–H groups in total. The first-order chi connectivity index (χ1) is 11.8. The minimum absolute atomic E-state index is 0.0756. The summed E-state index contributed by atoms with van der Waals surface area (Å²) < 4.78 is 15.5. The van der Waals surface area contributed by atoms with Gasteiger partial charge in [-0.05, 0) is 50.6 Å². The van der Waals surface area contributed by atoms with Gasteiger partial charge < -0.3 is 14.2 Å². The van der Waals surface area contributed by atoms with Gasteiger partial charge in [0.05, 0.1) is 11.0 Å². The molecule has 0 aliphatic rings. The van der Waals surface area contributed by atoms with Gasteiger partial charge in [-0.25, -0.2) is 4.79 Å². The van der Waals surface area contributed by atoms with Gasteiger partial charge in [-0.15, -0.1) is 0 Å². The number of rotatable bonds is 6. The largest absolute Gasteiger partial charge is 0.508 e. The number of hydrogen-bond donors (Lipinski definition) is 0. The summed E-state index contributed by atoms with van der Waals surface area (Å²) in [7, 11) is 0. The van der Waals surface area contributed by atoms with Crippen LogP contribution in [0.1, 0.15) is 25.0 Å². The number of benzene rings is 2. The molecular weight excluding hydrogens is 326 g/mol. The fraction of sp³-hybridized carbons (Fsp3) is 0.278. The van der Waals surface area contributed by atoms with Crippen LogP contribution >= 0.6 is 0 Å². The van der Waals surface area contributed by atoms with E-state index < -0.39 is 11.1 Å². The Morgan fingerprint density at radius 2 is 1.84 bits per heavy atom. The predicted molar refractivity (Wildman–Crippen MR) is 90.8 cm³/mol. The second kappa shape index (κ2) is 8.14. The van der Waals surface area contributed by atoms with Crippen molar-refractivity contribution >= 4 is 11.8 Å². The predicted octanol–water partition coefficient (Wildman–Crippen LogP) is 4.76. The van der Waals surface area contributed by atoms with Crippen LogP contribution < -0.4 is 4.74 Å². The first-order valence-electron chi connectivity index (χ1n) is 7.70. The lowest BCUT2D eigenvalue weighted by Crippen LogP contribution is -2.12. The fourth-order valence-electron chi connectivity index (χ4n) is 1.98. The van der Waals surface area contributed by atoms with Crippen LogP contribution in [0.4, 0.5) is 10.5 Å². The molecule has 25 heavy (non-hydrogen) atoms. The minimum Gasteiger partial charge on any atom is -0.450 e. The molecule has 0 heterocycles. The topological polar surface area (TPSA) is 87.9 Å². The lowest BCUT2D eigenvalue weighted by atomic mass is 10.2. The third kappa shape index (κ3) is 5.49. The van der Waals surface area contributed by atoms with Crippen molar-refractivity contribution in [2.45, 2.75) is 33.5 Å². The van der Waals surface area contributed by atoms with E-state index in [1.165, 1.54) is 18.2 Å². The molecule has 2 aromatic rings. The zero-order valence-electron chi connectivity index (χ0n) is 14.2. The van der Waals surface area contributed by atoms with E-state index in [1.54, 1.807) is 26.0 Å². The summed E-state index contributed by atoms with van der Waals surface area (Å²) >= 11 is 0. The molecule has 7 nitrogen and oxygen atoms in total. The number of nitro groups is 1. The zero-order chi connectivity index (χ0) is 18.4. The standard InChI is InChI=1S/C18H19NO6/c1-12(2)24-18(20)23-11-14-6-9-16(19(21)22)17(10-14)25-15-7-4-13(3)5-8-15/h4-10,12H,11H2,1-3H3. The first-order valence-corrected chi connectivity index (χ1v) is 7.70. The molecule has 0 bridgehead atoms. The van der Waals surface area contributed by atoms with Gasteiger partial charge in [-0.1, -0.05) is 17.7 Å². The van der Waals surface area contributed by atoms with Gasteiger partial charge in [0.25, 0.3) is 0 Å². The Labute approximate surface area is 145 Å². The Bertz CT molecular complexity index is 755. The van der Waals surface area contributed by atoms with E-state index in [0.29, 0.717) is 11.3 Å². The van der Waals surface area contributed by atoms with Gasteiger partial charge >= 0.3 is 11.8 Å². The van der Waals surface area contributed by atoms with E-state index in [9.17, 15) is 14.9 Å². The van der Waals surface area contributed by atoms with Crippen LogP contribution in [0, 0.1) is 17.0 Å². The lowest BCUT2D eigenvalue weighted by molar-refractivity contribution is -0.385. The van der Waals surface area contributed by atoms with Crippen molar-refractivity contribution in [2.75, 3.05) is 0 Å². The molecule has 0 aliphatic heterocycles. The molecule has 0 amide bonds. The Kier molecular flexibility index (Phi) is 5.94. The second-order valence-electron chi connectivity index (χ2n) is 5.68. The highest BCUT2D eigenvalue weighted by atomic mass is 16.7. The van der Waals surface area contributed by atoms with Gasteiger partial charge in [-0.3, -0.25) is 10.1 Å². The summed E-state index contributed by atoms with van der Waals surface area (Å²) in [6, 6.07) is 11.4. The number of nitro benzene ring substituents is 1. The van der Waals surface area contributed by atoms with Crippen LogP contribution in [-0.4, -0.2) is 17.2 Å². The smallest absolute Gasteiger partial charge is 0.450 e. The van der Waals surface area contributed by atoms with Crippen molar-refractivity contribution in [1.82, 2.24) is 0 Å². The Balaban J connectivity index is 2.16. The van der Waals surface area contributed by atoms with Gasteiger partial charge in [0.15, 0.2) is 0 Å². The van der Waals surface area contributed by atoms with E-state index >= 15 is 0 Å². The average Bonchev–Trinajstić information content (AvgIpc) is 2.54. The van der Waals surface area contributed by atoms with Crippen molar-refractivity contribution in [3.05, 3.63) is 63.7 Å². The van der Waals surface area contributed by atoms with Crippen LogP contribution in [-0.2, 0) is 16.1 Å². The summed E-state index contributed by atoms with van der Waals surface area (Å²) in [5, 5.41) is 11.2. The van der Waals surface area contributed by atoms with Gasteiger partial charge in [0.2, 0.25) is 5.75 Å². The van der Waals surface area contributed by atoms with Gasteiger partial charge in [0, 0.05) is 6.07 Å². The molecule has 0 radical (unpaired) electrons. The normalized spacial score (nSPS) is 10.4. The van der Waals surface area contributed by atoms with Crippen molar-refractivity contribution in [1.29, 1.82) is 0 Å². The van der Waals surface area contributed by atoms with E-state index in [1.807, 2.05) is 19.1 Å². The lowest BCUT2D eigenvalue weighted by Gasteiger charge is -2.10.